The van der Waals surface area contributed by atoms with Crippen molar-refractivity contribution in [3.63, 3.8) is 0 Å². The van der Waals surface area contributed by atoms with Gasteiger partial charge in [-0.15, -0.1) is 0 Å². The van der Waals surface area contributed by atoms with Crippen molar-refractivity contribution in [3.05, 3.63) is 35.4 Å². The molecular formula is C15H19F3N2O2. The van der Waals surface area contributed by atoms with Crippen molar-refractivity contribution >= 4 is 5.91 Å². The summed E-state index contributed by atoms with van der Waals surface area (Å²) in [7, 11) is 0. The molecule has 1 saturated heterocycles. The molecule has 1 amide bonds. The normalized spacial score (nSPS) is 19.0. The van der Waals surface area contributed by atoms with Crippen LogP contribution >= 0.6 is 0 Å². The van der Waals surface area contributed by atoms with Crippen LogP contribution in [0.5, 0.6) is 0 Å². The van der Waals surface area contributed by atoms with Gasteiger partial charge in [0.1, 0.15) is 0 Å². The quantitative estimate of drug-likeness (QED) is 0.870. The number of ether oxygens (including phenoxy) is 1. The summed E-state index contributed by atoms with van der Waals surface area (Å²) in [5, 5.41) is 5.84. The minimum Gasteiger partial charge on any atom is -0.375 e. The first-order valence-corrected chi connectivity index (χ1v) is 7.20. The molecule has 0 unspecified atom stereocenters. The minimum absolute atomic E-state index is 0.137. The first-order valence-electron chi connectivity index (χ1n) is 7.20. The number of nitrogens with one attached hydrogen (secondary N) is 2. The molecule has 2 rings (SSSR count). The Kier molecular flexibility index (Phi) is 5.79. The highest BCUT2D eigenvalue weighted by Gasteiger charge is 2.30. The summed E-state index contributed by atoms with van der Waals surface area (Å²) in [5.74, 6) is -0.152. The fraction of sp³-hybridized carbons (Fsp3) is 0.533. The number of halogens is 3. The number of hydrogen-bond donors (Lipinski definition) is 2. The second kappa shape index (κ2) is 7.60. The molecule has 0 spiro atoms. The van der Waals surface area contributed by atoms with Gasteiger partial charge in [-0.05, 0) is 18.1 Å². The van der Waals surface area contributed by atoms with E-state index in [-0.39, 0.29) is 18.4 Å². The molecule has 0 radical (unpaired) electrons. The largest absolute Gasteiger partial charge is 0.416 e. The predicted octanol–water partition coefficient (Wildman–Crippen LogP) is 1.74. The summed E-state index contributed by atoms with van der Waals surface area (Å²) in [6.45, 7) is 2.32. The average Bonchev–Trinajstić information content (AvgIpc) is 2.48. The Morgan fingerprint density at radius 3 is 2.91 bits per heavy atom. The second-order valence-corrected chi connectivity index (χ2v) is 5.20. The monoisotopic (exact) mass is 316 g/mol. The van der Waals surface area contributed by atoms with E-state index in [2.05, 4.69) is 10.6 Å². The average molecular weight is 316 g/mol. The molecule has 7 heteroatoms. The number of benzene rings is 1. The van der Waals surface area contributed by atoms with Gasteiger partial charge in [0.2, 0.25) is 5.91 Å². The van der Waals surface area contributed by atoms with E-state index in [1.165, 1.54) is 6.07 Å². The summed E-state index contributed by atoms with van der Waals surface area (Å²) in [6, 6.07) is 5.15. The number of alkyl halides is 3. The number of rotatable bonds is 5. The van der Waals surface area contributed by atoms with Crippen LogP contribution in [0.3, 0.4) is 0 Å². The summed E-state index contributed by atoms with van der Waals surface area (Å²) in [6.07, 6.45) is -3.86. The van der Waals surface area contributed by atoms with Crippen LogP contribution < -0.4 is 10.6 Å². The highest BCUT2D eigenvalue weighted by Crippen LogP contribution is 2.29. The van der Waals surface area contributed by atoms with Crippen LogP contribution in [0, 0.1) is 0 Å². The van der Waals surface area contributed by atoms with Crippen LogP contribution in [0.2, 0.25) is 0 Å². The Balaban J connectivity index is 1.75. The summed E-state index contributed by atoms with van der Waals surface area (Å²) in [4.78, 5) is 11.7. The first-order chi connectivity index (χ1) is 10.4. The molecule has 4 nitrogen and oxygen atoms in total. The van der Waals surface area contributed by atoms with Crippen molar-refractivity contribution in [2.24, 2.45) is 0 Å². The Morgan fingerprint density at radius 2 is 2.23 bits per heavy atom. The van der Waals surface area contributed by atoms with Gasteiger partial charge < -0.3 is 15.4 Å². The molecule has 0 saturated carbocycles. The summed E-state index contributed by atoms with van der Waals surface area (Å²) in [5.41, 5.74) is -0.122. The van der Waals surface area contributed by atoms with E-state index in [0.717, 1.165) is 18.7 Å². The van der Waals surface area contributed by atoms with Crippen LogP contribution in [0.4, 0.5) is 13.2 Å². The molecule has 2 N–H and O–H groups in total. The Hall–Kier alpha value is -1.60. The molecule has 1 aliphatic rings. The van der Waals surface area contributed by atoms with E-state index in [4.69, 9.17) is 4.74 Å². The molecule has 1 heterocycles. The van der Waals surface area contributed by atoms with Crippen molar-refractivity contribution < 1.29 is 22.7 Å². The predicted molar refractivity (Wildman–Crippen MR) is 75.4 cm³/mol. The lowest BCUT2D eigenvalue weighted by atomic mass is 10.1. The van der Waals surface area contributed by atoms with Gasteiger partial charge in [-0.3, -0.25) is 4.79 Å². The fourth-order valence-corrected chi connectivity index (χ4v) is 2.28. The van der Waals surface area contributed by atoms with Gasteiger partial charge in [0.25, 0.3) is 0 Å². The third-order valence-electron chi connectivity index (χ3n) is 3.41. The molecule has 122 valence electrons. The van der Waals surface area contributed by atoms with Gasteiger partial charge >= 0.3 is 6.18 Å². The van der Waals surface area contributed by atoms with Gasteiger partial charge in [-0.1, -0.05) is 18.2 Å². The van der Waals surface area contributed by atoms with Gasteiger partial charge in [0.05, 0.1) is 24.7 Å². The Morgan fingerprint density at radius 1 is 1.41 bits per heavy atom. The van der Waals surface area contributed by atoms with Crippen molar-refractivity contribution in [1.29, 1.82) is 0 Å². The van der Waals surface area contributed by atoms with Gasteiger partial charge in [-0.2, -0.15) is 13.2 Å². The maximum absolute atomic E-state index is 12.6. The zero-order valence-corrected chi connectivity index (χ0v) is 12.1. The van der Waals surface area contributed by atoms with Crippen LogP contribution in [0.15, 0.2) is 24.3 Å². The van der Waals surface area contributed by atoms with Crippen LogP contribution in [0.1, 0.15) is 17.5 Å². The van der Waals surface area contributed by atoms with Gasteiger partial charge in [0, 0.05) is 19.6 Å². The maximum Gasteiger partial charge on any atom is 0.416 e. The number of hydrogen-bond acceptors (Lipinski definition) is 3. The summed E-state index contributed by atoms with van der Waals surface area (Å²) < 4.78 is 43.2. The zero-order chi connectivity index (χ0) is 16.0. The topological polar surface area (TPSA) is 50.4 Å². The van der Waals surface area contributed by atoms with E-state index in [1.54, 1.807) is 6.07 Å². The standard InChI is InChI=1S/C15H19F3N2O2/c16-15(17,18)12-3-1-2-11(8-12)4-5-20-14(21)9-13-10-19-6-7-22-13/h1-3,8,13,19H,4-7,9-10H2,(H,20,21)/t13-/m0/s1. The van der Waals surface area contributed by atoms with Crippen LogP contribution in [-0.2, 0) is 22.1 Å². The molecule has 1 aromatic carbocycles. The van der Waals surface area contributed by atoms with Gasteiger partial charge in [0.15, 0.2) is 0 Å². The molecule has 0 aromatic heterocycles. The van der Waals surface area contributed by atoms with E-state index in [1.807, 2.05) is 0 Å². The molecule has 0 bridgehead atoms. The Labute approximate surface area is 127 Å². The Bertz CT molecular complexity index is 500. The van der Waals surface area contributed by atoms with Crippen LogP contribution in [0.25, 0.3) is 0 Å². The molecule has 1 aliphatic heterocycles. The molecule has 1 aromatic rings. The lowest BCUT2D eigenvalue weighted by Crippen LogP contribution is -2.41. The SMILES string of the molecule is O=C(C[C@H]1CNCCO1)NCCc1cccc(C(F)(F)F)c1. The highest BCUT2D eigenvalue weighted by molar-refractivity contribution is 5.76. The van der Waals surface area contributed by atoms with E-state index in [0.29, 0.717) is 31.7 Å². The molecular weight excluding hydrogens is 297 g/mol. The van der Waals surface area contributed by atoms with E-state index in [9.17, 15) is 18.0 Å². The fourth-order valence-electron chi connectivity index (χ4n) is 2.28. The third-order valence-corrected chi connectivity index (χ3v) is 3.41. The summed E-state index contributed by atoms with van der Waals surface area (Å²) >= 11 is 0. The third kappa shape index (κ3) is 5.31. The van der Waals surface area contributed by atoms with E-state index < -0.39 is 11.7 Å². The first kappa shape index (κ1) is 16.8. The number of morpholine rings is 1. The van der Waals surface area contributed by atoms with Crippen molar-refractivity contribution in [1.82, 2.24) is 10.6 Å². The number of amides is 1. The minimum atomic E-state index is -4.34. The zero-order valence-electron chi connectivity index (χ0n) is 12.1. The number of carbonyl (C=O) groups is 1. The van der Waals surface area contributed by atoms with Crippen molar-refractivity contribution in [2.75, 3.05) is 26.2 Å². The highest BCUT2D eigenvalue weighted by atomic mass is 19.4. The van der Waals surface area contributed by atoms with Gasteiger partial charge in [-0.25, -0.2) is 0 Å². The van der Waals surface area contributed by atoms with Crippen molar-refractivity contribution in [3.8, 4) is 0 Å². The maximum atomic E-state index is 12.6. The lowest BCUT2D eigenvalue weighted by Gasteiger charge is -2.23. The number of carbonyl (C=O) groups excluding carboxylic acids is 1. The van der Waals surface area contributed by atoms with E-state index >= 15 is 0 Å². The van der Waals surface area contributed by atoms with Crippen molar-refractivity contribution in [2.45, 2.75) is 25.1 Å². The van der Waals surface area contributed by atoms with Crippen LogP contribution in [-0.4, -0.2) is 38.3 Å². The molecule has 22 heavy (non-hydrogen) atoms. The molecule has 1 fully saturated rings. The lowest BCUT2D eigenvalue weighted by molar-refractivity contribution is -0.137. The molecule has 0 aliphatic carbocycles. The molecule has 1 atom stereocenters. The second-order valence-electron chi connectivity index (χ2n) is 5.20. The smallest absolute Gasteiger partial charge is 0.375 e.